The number of alkyl halides is 3. The summed E-state index contributed by atoms with van der Waals surface area (Å²) in [4.78, 5) is 39.6. The Hall–Kier alpha value is -3.10. The van der Waals surface area contributed by atoms with Crippen molar-refractivity contribution in [2.75, 3.05) is 29.5 Å². The number of hydrogen-bond donors (Lipinski definition) is 1. The summed E-state index contributed by atoms with van der Waals surface area (Å²) in [5, 5.41) is 2.37. The van der Waals surface area contributed by atoms with E-state index in [2.05, 4.69) is 16.5 Å². The maximum atomic E-state index is 15.0. The predicted molar refractivity (Wildman–Crippen MR) is 163 cm³/mol. The van der Waals surface area contributed by atoms with E-state index in [0.29, 0.717) is 56.1 Å². The van der Waals surface area contributed by atoms with Gasteiger partial charge in [-0.3, -0.25) is 9.36 Å². The molecule has 0 radical (unpaired) electrons. The van der Waals surface area contributed by atoms with Gasteiger partial charge in [-0.1, -0.05) is 17.9 Å². The second-order valence-corrected chi connectivity index (χ2v) is 14.2. The normalized spacial score (nSPS) is 22.7. The van der Waals surface area contributed by atoms with Gasteiger partial charge in [0.15, 0.2) is 5.13 Å². The van der Waals surface area contributed by atoms with Crippen molar-refractivity contribution in [3.8, 4) is 10.4 Å². The molecule has 2 aliphatic heterocycles. The molecule has 1 aromatic carbocycles. The van der Waals surface area contributed by atoms with E-state index in [9.17, 15) is 22.8 Å². The third-order valence-corrected chi connectivity index (χ3v) is 11.6. The lowest BCUT2D eigenvalue weighted by molar-refractivity contribution is -0.137. The Morgan fingerprint density at radius 1 is 1.19 bits per heavy atom. The predicted octanol–water partition coefficient (Wildman–Crippen LogP) is 6.00. The van der Waals surface area contributed by atoms with Gasteiger partial charge in [0.1, 0.15) is 11.3 Å². The molecule has 0 spiro atoms. The van der Waals surface area contributed by atoms with Gasteiger partial charge in [-0.05, 0) is 44.7 Å². The molecular formula is C28H27F3N6O2S3. The minimum atomic E-state index is -4.68. The van der Waals surface area contributed by atoms with Gasteiger partial charge in [0.05, 0.1) is 26.7 Å². The molecule has 1 saturated heterocycles. The van der Waals surface area contributed by atoms with E-state index < -0.39 is 17.4 Å². The molecule has 3 aromatic heterocycles. The highest BCUT2D eigenvalue weighted by Crippen LogP contribution is 2.55. The molecule has 1 unspecified atom stereocenters. The van der Waals surface area contributed by atoms with E-state index in [1.165, 1.54) is 46.6 Å². The standard InChI is InChI=1S/C28H27F3N6O2S3/c1-4-19(38)36-12(2)8-35(9-13(36)3)25-15-7-16(28(29,30)31)20(23-21-18(11-41-23)42-26(32)33-21)24-22(15)37(27(39)34-25)17(10-40-24)14-5-6-14/h4,7,11-14,17H,1,5-6,8-10H2,2-3H3,(H2,32,33)/t12-,13+,17?. The maximum absolute atomic E-state index is 15.0. The summed E-state index contributed by atoms with van der Waals surface area (Å²) in [6.45, 7) is 7.98. The van der Waals surface area contributed by atoms with Gasteiger partial charge in [-0.15, -0.1) is 23.1 Å². The van der Waals surface area contributed by atoms with Crippen molar-refractivity contribution in [2.24, 2.45) is 5.92 Å². The largest absolute Gasteiger partial charge is 0.417 e. The Balaban J connectivity index is 1.52. The first kappa shape index (κ1) is 27.7. The molecule has 7 rings (SSSR count). The number of nitrogens with zero attached hydrogens (tertiary/aromatic N) is 5. The fourth-order valence-corrected chi connectivity index (χ4v) is 10.0. The van der Waals surface area contributed by atoms with Crippen LogP contribution in [0.1, 0.15) is 38.3 Å². The zero-order chi connectivity index (χ0) is 29.7. The number of thiophene rings is 1. The molecule has 1 amide bonds. The summed E-state index contributed by atoms with van der Waals surface area (Å²) >= 11 is 3.83. The monoisotopic (exact) mass is 632 g/mol. The Morgan fingerprint density at radius 2 is 1.90 bits per heavy atom. The van der Waals surface area contributed by atoms with E-state index in [0.717, 1.165) is 17.5 Å². The highest BCUT2D eigenvalue weighted by molar-refractivity contribution is 7.99. The molecule has 3 aliphatic rings. The smallest absolute Gasteiger partial charge is 0.375 e. The average molecular weight is 633 g/mol. The van der Waals surface area contributed by atoms with Crippen LogP contribution in [0.3, 0.4) is 0 Å². The maximum Gasteiger partial charge on any atom is 0.417 e. The number of benzene rings is 1. The number of rotatable bonds is 4. The van der Waals surface area contributed by atoms with Gasteiger partial charge in [0, 0.05) is 52.2 Å². The molecule has 42 heavy (non-hydrogen) atoms. The Kier molecular flexibility index (Phi) is 6.41. The second kappa shape index (κ2) is 9.71. The Morgan fingerprint density at radius 3 is 2.55 bits per heavy atom. The molecule has 220 valence electrons. The average Bonchev–Trinajstić information content (AvgIpc) is 3.61. The van der Waals surface area contributed by atoms with Gasteiger partial charge in [0.2, 0.25) is 5.91 Å². The first-order valence-corrected chi connectivity index (χ1v) is 16.3. The highest BCUT2D eigenvalue weighted by atomic mass is 32.2. The molecule has 14 heteroatoms. The van der Waals surface area contributed by atoms with Crippen LogP contribution in [0.5, 0.6) is 0 Å². The number of nitrogen functional groups attached to an aromatic ring is 1. The first-order valence-electron chi connectivity index (χ1n) is 13.6. The number of hydrogen-bond acceptors (Lipinski definition) is 9. The number of amides is 1. The van der Waals surface area contributed by atoms with Crippen molar-refractivity contribution < 1.29 is 18.0 Å². The third kappa shape index (κ3) is 4.24. The number of thiazole rings is 1. The lowest BCUT2D eigenvalue weighted by atomic mass is 9.99. The fraction of sp³-hybridized carbons (Fsp3) is 0.429. The fourth-order valence-electron chi connectivity index (χ4n) is 6.54. The molecule has 4 aromatic rings. The minimum absolute atomic E-state index is 0.0491. The Bertz CT molecular complexity index is 1830. The lowest BCUT2D eigenvalue weighted by Crippen LogP contribution is -2.58. The summed E-state index contributed by atoms with van der Waals surface area (Å²) in [5.41, 5.74) is 5.69. The molecule has 8 nitrogen and oxygen atoms in total. The van der Waals surface area contributed by atoms with Crippen LogP contribution < -0.4 is 16.3 Å². The van der Waals surface area contributed by atoms with Crippen molar-refractivity contribution in [1.82, 2.24) is 19.4 Å². The van der Waals surface area contributed by atoms with Crippen molar-refractivity contribution in [1.29, 1.82) is 0 Å². The van der Waals surface area contributed by atoms with Crippen molar-refractivity contribution in [2.45, 2.75) is 55.9 Å². The lowest BCUT2D eigenvalue weighted by Gasteiger charge is -2.45. The van der Waals surface area contributed by atoms with Crippen molar-refractivity contribution >= 4 is 72.4 Å². The van der Waals surface area contributed by atoms with Crippen LogP contribution in [-0.4, -0.2) is 56.3 Å². The number of carbonyl (C=O) groups is 1. The van der Waals surface area contributed by atoms with E-state index in [1.54, 1.807) is 14.8 Å². The summed E-state index contributed by atoms with van der Waals surface area (Å²) in [6, 6.07) is 0.493. The molecule has 0 bridgehead atoms. The second-order valence-electron chi connectivity index (χ2n) is 11.2. The van der Waals surface area contributed by atoms with Crippen LogP contribution in [0.2, 0.25) is 0 Å². The van der Waals surface area contributed by atoms with E-state index >= 15 is 0 Å². The van der Waals surface area contributed by atoms with E-state index in [4.69, 9.17) is 5.73 Å². The minimum Gasteiger partial charge on any atom is -0.375 e. The van der Waals surface area contributed by atoms with Crippen LogP contribution in [0, 0.1) is 5.92 Å². The van der Waals surface area contributed by atoms with E-state index in [1.807, 2.05) is 18.7 Å². The number of piperazine rings is 1. The summed E-state index contributed by atoms with van der Waals surface area (Å²) in [5.74, 6) is 0.800. The van der Waals surface area contributed by atoms with Crippen LogP contribution in [0.4, 0.5) is 24.1 Å². The van der Waals surface area contributed by atoms with Gasteiger partial charge < -0.3 is 15.5 Å². The molecule has 1 saturated carbocycles. The van der Waals surface area contributed by atoms with Crippen LogP contribution >= 0.6 is 34.4 Å². The molecule has 3 atom stereocenters. The number of halogens is 3. The van der Waals surface area contributed by atoms with Crippen LogP contribution in [-0.2, 0) is 11.0 Å². The molecule has 5 heterocycles. The van der Waals surface area contributed by atoms with Gasteiger partial charge in [0.25, 0.3) is 0 Å². The molecular weight excluding hydrogens is 606 g/mol. The van der Waals surface area contributed by atoms with Crippen LogP contribution in [0.15, 0.2) is 33.8 Å². The van der Waals surface area contributed by atoms with Crippen molar-refractivity contribution in [3.63, 3.8) is 0 Å². The number of thioether (sulfide) groups is 1. The van der Waals surface area contributed by atoms with Gasteiger partial charge >= 0.3 is 11.9 Å². The number of fused-ring (bicyclic) bond motifs is 1. The third-order valence-electron chi connectivity index (χ3n) is 8.39. The Labute approximate surface area is 251 Å². The number of nitrogens with two attached hydrogens (primary N) is 1. The quantitative estimate of drug-likeness (QED) is 0.276. The highest BCUT2D eigenvalue weighted by Gasteiger charge is 2.43. The van der Waals surface area contributed by atoms with E-state index in [-0.39, 0.29) is 35.4 Å². The zero-order valence-electron chi connectivity index (χ0n) is 22.8. The molecule has 1 aliphatic carbocycles. The summed E-state index contributed by atoms with van der Waals surface area (Å²) < 4.78 is 47.3. The molecule has 2 N–H and O–H groups in total. The van der Waals surface area contributed by atoms with Crippen LogP contribution in [0.25, 0.3) is 31.6 Å². The van der Waals surface area contributed by atoms with Gasteiger partial charge in [-0.25, -0.2) is 9.78 Å². The topological polar surface area (TPSA) is 97.4 Å². The number of aromatic nitrogens is 3. The molecule has 2 fully saturated rings. The summed E-state index contributed by atoms with van der Waals surface area (Å²) in [6.07, 6.45) is -1.47. The zero-order valence-corrected chi connectivity index (χ0v) is 25.2. The summed E-state index contributed by atoms with van der Waals surface area (Å²) in [7, 11) is 0. The van der Waals surface area contributed by atoms with Gasteiger partial charge in [-0.2, -0.15) is 18.2 Å². The first-order chi connectivity index (χ1) is 20.0. The number of anilines is 2. The van der Waals surface area contributed by atoms with Crippen molar-refractivity contribution in [3.05, 3.63) is 40.1 Å². The number of carbonyl (C=O) groups excluding carboxylic acids is 1. The SMILES string of the molecule is C=CC(=O)N1[C@H](C)CN(c2nc(=O)n3c4c(c(-c5scc6sc(N)nc56)c(C(F)(F)F)cc24)SCC3C2CC2)C[C@@H]1C.